The molecule has 1 aromatic carbocycles. The number of rotatable bonds is 5. The first kappa shape index (κ1) is 14.8. The summed E-state index contributed by atoms with van der Waals surface area (Å²) in [5, 5.41) is 8.33. The number of nitrogens with zero attached hydrogens (tertiary/aromatic N) is 2. The first-order valence-corrected chi connectivity index (χ1v) is 6.65. The molecule has 2 aromatic rings. The second-order valence-electron chi connectivity index (χ2n) is 4.88. The molecule has 0 amide bonds. The van der Waals surface area contributed by atoms with E-state index in [-0.39, 0.29) is 0 Å². The first-order valence-electron chi connectivity index (χ1n) is 6.65. The van der Waals surface area contributed by atoms with Crippen molar-refractivity contribution in [2.45, 2.75) is 45.6 Å². The van der Waals surface area contributed by atoms with Crippen molar-refractivity contribution >= 4 is 10.9 Å². The molecular formula is C14H18F3N3. The predicted octanol–water partition coefficient (Wildman–Crippen LogP) is 3.49. The Morgan fingerprint density at radius 1 is 1.30 bits per heavy atom. The molecule has 0 saturated carbocycles. The van der Waals surface area contributed by atoms with Gasteiger partial charge in [0.15, 0.2) is 0 Å². The number of fused-ring (bicyclic) bond motifs is 1. The molecule has 0 bridgehead atoms. The van der Waals surface area contributed by atoms with Gasteiger partial charge in [-0.2, -0.15) is 18.3 Å². The number of benzene rings is 1. The summed E-state index contributed by atoms with van der Waals surface area (Å²) in [4.78, 5) is 0. The fourth-order valence-corrected chi connectivity index (χ4v) is 2.26. The van der Waals surface area contributed by atoms with Crippen molar-refractivity contribution in [3.8, 4) is 0 Å². The van der Waals surface area contributed by atoms with Crippen LogP contribution >= 0.6 is 0 Å². The molecule has 1 N–H and O–H groups in total. The van der Waals surface area contributed by atoms with Crippen molar-refractivity contribution in [2.75, 3.05) is 0 Å². The molecule has 0 fully saturated rings. The molecule has 1 aromatic heterocycles. The zero-order valence-corrected chi connectivity index (χ0v) is 11.5. The highest BCUT2D eigenvalue weighted by atomic mass is 19.4. The van der Waals surface area contributed by atoms with Crippen molar-refractivity contribution < 1.29 is 13.2 Å². The van der Waals surface area contributed by atoms with Gasteiger partial charge >= 0.3 is 6.18 Å². The Balaban J connectivity index is 2.10. The van der Waals surface area contributed by atoms with Gasteiger partial charge in [-0.05, 0) is 19.9 Å². The van der Waals surface area contributed by atoms with Gasteiger partial charge in [0.05, 0.1) is 17.6 Å². The summed E-state index contributed by atoms with van der Waals surface area (Å²) in [6, 6.07) is 7.13. The summed E-state index contributed by atoms with van der Waals surface area (Å²) in [6.45, 7) is 4.60. The SMILES string of the molecule is CCn1nc(CNC(C)CC(F)(F)F)c2ccccc21. The normalized spacial score (nSPS) is 13.8. The quantitative estimate of drug-likeness (QED) is 0.911. The number of halogens is 3. The number of aromatic nitrogens is 2. The summed E-state index contributed by atoms with van der Waals surface area (Å²) in [5.74, 6) is 0. The Hall–Kier alpha value is -1.56. The molecule has 6 heteroatoms. The average molecular weight is 285 g/mol. The van der Waals surface area contributed by atoms with Gasteiger partial charge in [0.2, 0.25) is 0 Å². The third-order valence-corrected chi connectivity index (χ3v) is 3.19. The summed E-state index contributed by atoms with van der Waals surface area (Å²) in [6.07, 6.45) is -4.98. The van der Waals surface area contributed by atoms with E-state index in [1.54, 1.807) is 0 Å². The molecule has 20 heavy (non-hydrogen) atoms. The van der Waals surface area contributed by atoms with E-state index in [9.17, 15) is 13.2 Å². The van der Waals surface area contributed by atoms with Crippen molar-refractivity contribution in [3.05, 3.63) is 30.0 Å². The highest BCUT2D eigenvalue weighted by molar-refractivity contribution is 5.81. The summed E-state index contributed by atoms with van der Waals surface area (Å²) < 4.78 is 38.7. The second-order valence-corrected chi connectivity index (χ2v) is 4.88. The average Bonchev–Trinajstić information content (AvgIpc) is 2.73. The zero-order chi connectivity index (χ0) is 14.8. The number of hydrogen-bond donors (Lipinski definition) is 1. The van der Waals surface area contributed by atoms with E-state index >= 15 is 0 Å². The van der Waals surface area contributed by atoms with Gasteiger partial charge in [0, 0.05) is 24.5 Å². The van der Waals surface area contributed by atoms with Crippen LogP contribution in [0.2, 0.25) is 0 Å². The lowest BCUT2D eigenvalue weighted by Crippen LogP contribution is -2.30. The smallest absolute Gasteiger partial charge is 0.308 e. The van der Waals surface area contributed by atoms with Gasteiger partial charge < -0.3 is 5.32 Å². The van der Waals surface area contributed by atoms with Crippen molar-refractivity contribution in [2.24, 2.45) is 0 Å². The molecule has 110 valence electrons. The first-order chi connectivity index (χ1) is 9.40. The van der Waals surface area contributed by atoms with Gasteiger partial charge in [-0.1, -0.05) is 18.2 Å². The van der Waals surface area contributed by atoms with Gasteiger partial charge in [0.1, 0.15) is 0 Å². The lowest BCUT2D eigenvalue weighted by molar-refractivity contribution is -0.139. The van der Waals surface area contributed by atoms with Crippen LogP contribution in [-0.4, -0.2) is 22.0 Å². The molecule has 1 heterocycles. The Morgan fingerprint density at radius 3 is 2.65 bits per heavy atom. The maximum absolute atomic E-state index is 12.3. The van der Waals surface area contributed by atoms with E-state index in [1.165, 1.54) is 6.92 Å². The van der Waals surface area contributed by atoms with Gasteiger partial charge in [0.25, 0.3) is 0 Å². The number of nitrogens with one attached hydrogen (secondary N) is 1. The minimum atomic E-state index is -4.14. The van der Waals surface area contributed by atoms with E-state index < -0.39 is 18.6 Å². The van der Waals surface area contributed by atoms with Gasteiger partial charge in [-0.3, -0.25) is 4.68 Å². The Kier molecular flexibility index (Phi) is 4.32. The van der Waals surface area contributed by atoms with Crippen LogP contribution in [0.4, 0.5) is 13.2 Å². The standard InChI is InChI=1S/C14H18F3N3/c1-3-20-13-7-5-4-6-11(13)12(19-20)9-18-10(2)8-14(15,16)17/h4-7,10,18H,3,8-9H2,1-2H3. The lowest BCUT2D eigenvalue weighted by Gasteiger charge is -2.15. The minimum absolute atomic E-state index is 0.338. The largest absolute Gasteiger partial charge is 0.390 e. The zero-order valence-electron chi connectivity index (χ0n) is 11.5. The molecule has 0 aliphatic carbocycles. The third kappa shape index (κ3) is 3.50. The Labute approximate surface area is 115 Å². The highest BCUT2D eigenvalue weighted by Crippen LogP contribution is 2.22. The van der Waals surface area contributed by atoms with E-state index in [0.29, 0.717) is 6.54 Å². The van der Waals surface area contributed by atoms with E-state index in [1.807, 2.05) is 35.9 Å². The van der Waals surface area contributed by atoms with Crippen LogP contribution in [0.1, 0.15) is 26.0 Å². The number of alkyl halides is 3. The minimum Gasteiger partial charge on any atom is -0.308 e. The number of hydrogen-bond acceptors (Lipinski definition) is 2. The van der Waals surface area contributed by atoms with Crippen LogP contribution < -0.4 is 5.32 Å². The summed E-state index contributed by atoms with van der Waals surface area (Å²) in [5.41, 5.74) is 1.80. The fraction of sp³-hybridized carbons (Fsp3) is 0.500. The molecule has 0 aliphatic rings. The topological polar surface area (TPSA) is 29.9 Å². The van der Waals surface area contributed by atoms with E-state index in [0.717, 1.165) is 23.1 Å². The van der Waals surface area contributed by atoms with Crippen LogP contribution in [0.15, 0.2) is 24.3 Å². The molecule has 0 aliphatic heterocycles. The monoisotopic (exact) mass is 285 g/mol. The third-order valence-electron chi connectivity index (χ3n) is 3.19. The molecule has 0 saturated heterocycles. The molecule has 3 nitrogen and oxygen atoms in total. The van der Waals surface area contributed by atoms with Crippen LogP contribution in [-0.2, 0) is 13.1 Å². The highest BCUT2D eigenvalue weighted by Gasteiger charge is 2.29. The van der Waals surface area contributed by atoms with Crippen LogP contribution in [0.5, 0.6) is 0 Å². The number of aryl methyl sites for hydroxylation is 1. The van der Waals surface area contributed by atoms with Crippen LogP contribution in [0.3, 0.4) is 0 Å². The molecule has 0 spiro atoms. The van der Waals surface area contributed by atoms with Gasteiger partial charge in [-0.15, -0.1) is 0 Å². The maximum atomic E-state index is 12.3. The molecule has 2 rings (SSSR count). The Morgan fingerprint density at radius 2 is 2.00 bits per heavy atom. The maximum Gasteiger partial charge on any atom is 0.390 e. The van der Waals surface area contributed by atoms with Crippen LogP contribution in [0, 0.1) is 0 Å². The fourth-order valence-electron chi connectivity index (χ4n) is 2.26. The van der Waals surface area contributed by atoms with E-state index in [2.05, 4.69) is 10.4 Å². The van der Waals surface area contributed by atoms with Crippen molar-refractivity contribution in [3.63, 3.8) is 0 Å². The van der Waals surface area contributed by atoms with Crippen molar-refractivity contribution in [1.29, 1.82) is 0 Å². The van der Waals surface area contributed by atoms with Gasteiger partial charge in [-0.25, -0.2) is 0 Å². The molecular weight excluding hydrogens is 267 g/mol. The van der Waals surface area contributed by atoms with Crippen molar-refractivity contribution in [1.82, 2.24) is 15.1 Å². The summed E-state index contributed by atoms with van der Waals surface area (Å²) in [7, 11) is 0. The Bertz CT molecular complexity index is 575. The van der Waals surface area contributed by atoms with Crippen LogP contribution in [0.25, 0.3) is 10.9 Å². The number of para-hydroxylation sites is 1. The van der Waals surface area contributed by atoms with E-state index in [4.69, 9.17) is 0 Å². The lowest BCUT2D eigenvalue weighted by atomic mass is 10.2. The summed E-state index contributed by atoms with van der Waals surface area (Å²) >= 11 is 0. The molecule has 1 unspecified atom stereocenters. The molecule has 1 atom stereocenters. The predicted molar refractivity (Wildman–Crippen MR) is 72.4 cm³/mol. The second kappa shape index (κ2) is 5.83. The molecule has 0 radical (unpaired) electrons.